The van der Waals surface area contributed by atoms with E-state index in [-0.39, 0.29) is 23.1 Å². The molecule has 148 valence electrons. The van der Waals surface area contributed by atoms with Gasteiger partial charge >= 0.3 is 0 Å². The fourth-order valence-corrected chi connectivity index (χ4v) is 2.95. The van der Waals surface area contributed by atoms with E-state index >= 15 is 0 Å². The number of hydrogen-bond donors (Lipinski definition) is 1. The molecule has 0 saturated heterocycles. The largest absolute Gasteiger partial charge is 1.00 e. The molecule has 0 fully saturated rings. The van der Waals surface area contributed by atoms with E-state index in [0.717, 1.165) is 24.1 Å². The molecule has 0 aromatic heterocycles. The zero-order valence-electron chi connectivity index (χ0n) is 16.9. The van der Waals surface area contributed by atoms with Crippen molar-refractivity contribution in [3.8, 4) is 0 Å². The van der Waals surface area contributed by atoms with Gasteiger partial charge in [0.25, 0.3) is 0 Å². The predicted octanol–water partition coefficient (Wildman–Crippen LogP) is 1.78. The van der Waals surface area contributed by atoms with Gasteiger partial charge in [-0.1, -0.05) is 77.6 Å². The number of quaternary nitrogens is 1. The van der Waals surface area contributed by atoms with E-state index in [1.165, 1.54) is 70.6 Å². The van der Waals surface area contributed by atoms with Gasteiger partial charge in [0.15, 0.2) is 0 Å². The summed E-state index contributed by atoms with van der Waals surface area (Å²) in [7, 11) is 6.28. The van der Waals surface area contributed by atoms with Crippen molar-refractivity contribution in [3.63, 3.8) is 0 Å². The summed E-state index contributed by atoms with van der Waals surface area (Å²) in [6, 6.07) is 0. The quantitative estimate of drug-likeness (QED) is 0.293. The maximum atomic E-state index is 9.84. The first-order valence-corrected chi connectivity index (χ1v) is 10.0. The molecule has 0 amide bonds. The Morgan fingerprint density at radius 2 is 1.17 bits per heavy atom. The highest BCUT2D eigenvalue weighted by molar-refractivity contribution is 4.52. The predicted molar refractivity (Wildman–Crippen MR) is 101 cm³/mol. The standard InChI is InChI=1S/C20H44NO2.BrH/c1-5-6-7-8-9-10-11-12-13-14-15-16-17-23-19-20(22)18-21(2,3)4;/h20,22H,5-19H2,1-4H3;1H/q+1;/p-1. The molecular formula is C20H44BrNO2. The molecule has 0 aliphatic heterocycles. The number of nitrogens with zero attached hydrogens (tertiary/aromatic N) is 1. The average Bonchev–Trinajstić information content (AvgIpc) is 2.46. The van der Waals surface area contributed by atoms with Crippen molar-refractivity contribution in [2.24, 2.45) is 0 Å². The van der Waals surface area contributed by atoms with Gasteiger partial charge in [-0.15, -0.1) is 0 Å². The molecule has 0 saturated carbocycles. The lowest BCUT2D eigenvalue weighted by Gasteiger charge is -2.26. The Balaban J connectivity index is 0. The van der Waals surface area contributed by atoms with Crippen molar-refractivity contribution in [2.45, 2.75) is 90.1 Å². The van der Waals surface area contributed by atoms with Gasteiger partial charge in [-0.05, 0) is 6.42 Å². The van der Waals surface area contributed by atoms with Crippen molar-refractivity contribution >= 4 is 0 Å². The SMILES string of the molecule is CCCCCCCCCCCCCCOCC(O)C[N+](C)(C)C.[Br-]. The number of hydrogen-bond acceptors (Lipinski definition) is 2. The van der Waals surface area contributed by atoms with Gasteiger partial charge in [0.1, 0.15) is 12.6 Å². The molecule has 0 heterocycles. The van der Waals surface area contributed by atoms with E-state index in [2.05, 4.69) is 28.1 Å². The first-order valence-electron chi connectivity index (χ1n) is 10.0. The summed E-state index contributed by atoms with van der Waals surface area (Å²) in [5.41, 5.74) is 0. The number of likely N-dealkylation sites (N-methyl/N-ethyl adjacent to an activating group) is 1. The molecule has 0 spiro atoms. The highest BCUT2D eigenvalue weighted by Gasteiger charge is 2.15. The van der Waals surface area contributed by atoms with Crippen molar-refractivity contribution < 1.29 is 31.3 Å². The molecule has 3 nitrogen and oxygen atoms in total. The van der Waals surface area contributed by atoms with Crippen molar-refractivity contribution in [1.29, 1.82) is 0 Å². The van der Waals surface area contributed by atoms with Crippen LogP contribution in [0.15, 0.2) is 0 Å². The van der Waals surface area contributed by atoms with E-state index in [0.29, 0.717) is 6.61 Å². The fourth-order valence-electron chi connectivity index (χ4n) is 2.95. The van der Waals surface area contributed by atoms with Crippen LogP contribution < -0.4 is 17.0 Å². The molecule has 24 heavy (non-hydrogen) atoms. The number of rotatable bonds is 17. The van der Waals surface area contributed by atoms with Crippen LogP contribution in [0.4, 0.5) is 0 Å². The molecular weight excluding hydrogens is 366 g/mol. The lowest BCUT2D eigenvalue weighted by atomic mass is 10.1. The molecule has 4 heteroatoms. The summed E-state index contributed by atoms with van der Waals surface area (Å²) in [5.74, 6) is 0. The average molecular weight is 410 g/mol. The lowest BCUT2D eigenvalue weighted by molar-refractivity contribution is -0.873. The van der Waals surface area contributed by atoms with Gasteiger partial charge in [0, 0.05) is 6.61 Å². The minimum Gasteiger partial charge on any atom is -1.00 e. The highest BCUT2D eigenvalue weighted by atomic mass is 79.9. The monoisotopic (exact) mass is 409 g/mol. The normalized spacial score (nSPS) is 12.9. The van der Waals surface area contributed by atoms with Gasteiger partial charge < -0.3 is 31.3 Å². The molecule has 0 rings (SSSR count). The summed E-state index contributed by atoms with van der Waals surface area (Å²) < 4.78 is 6.35. The van der Waals surface area contributed by atoms with Crippen LogP contribution in [0.3, 0.4) is 0 Å². The van der Waals surface area contributed by atoms with Crippen molar-refractivity contribution in [3.05, 3.63) is 0 Å². The molecule has 0 aliphatic rings. The second kappa shape index (κ2) is 18.2. The molecule has 0 aliphatic carbocycles. The fraction of sp³-hybridized carbons (Fsp3) is 1.00. The minimum atomic E-state index is -0.340. The number of halogens is 1. The Kier molecular flexibility index (Phi) is 20.1. The van der Waals surface area contributed by atoms with Crippen LogP contribution in [0.5, 0.6) is 0 Å². The maximum absolute atomic E-state index is 9.84. The van der Waals surface area contributed by atoms with Gasteiger partial charge in [-0.2, -0.15) is 0 Å². The topological polar surface area (TPSA) is 29.5 Å². The molecule has 1 atom stereocenters. The van der Waals surface area contributed by atoms with E-state index in [1.54, 1.807) is 0 Å². The zero-order valence-corrected chi connectivity index (χ0v) is 18.5. The summed E-state index contributed by atoms with van der Waals surface area (Å²) in [4.78, 5) is 0. The molecule has 0 aromatic carbocycles. The van der Waals surface area contributed by atoms with Crippen LogP contribution in [0.1, 0.15) is 84.0 Å². The lowest BCUT2D eigenvalue weighted by Crippen LogP contribution is -3.00. The minimum absolute atomic E-state index is 0. The summed E-state index contributed by atoms with van der Waals surface area (Å²) >= 11 is 0. The number of aliphatic hydroxyl groups excluding tert-OH is 1. The van der Waals surface area contributed by atoms with Crippen molar-refractivity contribution in [1.82, 2.24) is 0 Å². The number of ether oxygens (including phenoxy) is 1. The molecule has 0 bridgehead atoms. The second-order valence-corrected chi connectivity index (χ2v) is 8.09. The third-order valence-corrected chi connectivity index (χ3v) is 4.21. The zero-order chi connectivity index (χ0) is 17.4. The van der Waals surface area contributed by atoms with Crippen LogP contribution >= 0.6 is 0 Å². The first-order chi connectivity index (χ1) is 11.0. The van der Waals surface area contributed by atoms with E-state index in [9.17, 15) is 5.11 Å². The molecule has 1 unspecified atom stereocenters. The third kappa shape index (κ3) is 22.4. The molecule has 1 N–H and O–H groups in total. The Labute approximate surface area is 162 Å². The Morgan fingerprint density at radius 1 is 0.750 bits per heavy atom. The molecule has 0 radical (unpaired) electrons. The Hall–Kier alpha value is 0.360. The first kappa shape index (κ1) is 26.6. The summed E-state index contributed by atoms with van der Waals surface area (Å²) in [5, 5.41) is 9.84. The highest BCUT2D eigenvalue weighted by Crippen LogP contribution is 2.11. The number of aliphatic hydroxyl groups is 1. The summed E-state index contributed by atoms with van der Waals surface area (Å²) in [6.07, 6.45) is 16.1. The van der Waals surface area contributed by atoms with E-state index in [1.807, 2.05) is 0 Å². The Morgan fingerprint density at radius 3 is 1.58 bits per heavy atom. The molecule has 0 aromatic rings. The maximum Gasteiger partial charge on any atom is 0.126 e. The van der Waals surface area contributed by atoms with Crippen LogP contribution in [0, 0.1) is 0 Å². The van der Waals surface area contributed by atoms with Gasteiger partial charge in [0.05, 0.1) is 27.7 Å². The smallest absolute Gasteiger partial charge is 0.126 e. The number of unbranched alkanes of at least 4 members (excludes halogenated alkanes) is 11. The van der Waals surface area contributed by atoms with Crippen LogP contribution in [0.25, 0.3) is 0 Å². The Bertz CT molecular complexity index is 244. The van der Waals surface area contributed by atoms with Crippen LogP contribution in [-0.4, -0.2) is 56.6 Å². The van der Waals surface area contributed by atoms with E-state index < -0.39 is 0 Å². The second-order valence-electron chi connectivity index (χ2n) is 8.09. The van der Waals surface area contributed by atoms with Gasteiger partial charge in [-0.25, -0.2) is 0 Å². The summed E-state index contributed by atoms with van der Waals surface area (Å²) in [6.45, 7) is 4.30. The third-order valence-electron chi connectivity index (χ3n) is 4.21. The van der Waals surface area contributed by atoms with E-state index in [4.69, 9.17) is 4.74 Å². The van der Waals surface area contributed by atoms with Gasteiger partial charge in [0.2, 0.25) is 0 Å². The van der Waals surface area contributed by atoms with Gasteiger partial charge in [-0.3, -0.25) is 0 Å². The van der Waals surface area contributed by atoms with Crippen LogP contribution in [0.2, 0.25) is 0 Å². The van der Waals surface area contributed by atoms with Crippen LogP contribution in [-0.2, 0) is 4.74 Å². The van der Waals surface area contributed by atoms with Crippen molar-refractivity contribution in [2.75, 3.05) is 40.9 Å².